The molecular formula is C19H21ClF3N3O2. The number of phenolic OH excluding ortho intramolecular Hbond substituents is 1. The zero-order chi connectivity index (χ0) is 21.1. The summed E-state index contributed by atoms with van der Waals surface area (Å²) in [4.78, 5) is 15.7. The summed E-state index contributed by atoms with van der Waals surface area (Å²) < 4.78 is 40.7. The molecule has 2 aromatic carbocycles. The number of hydrogen-bond donors (Lipinski definition) is 2. The Balaban J connectivity index is 2.31. The Morgan fingerprint density at radius 3 is 2.39 bits per heavy atom. The number of alkyl halides is 3. The van der Waals surface area contributed by atoms with Crippen LogP contribution in [0.2, 0.25) is 5.02 Å². The fraction of sp³-hybridized carbons (Fsp3) is 0.316. The van der Waals surface area contributed by atoms with E-state index < -0.39 is 17.6 Å². The molecule has 0 aliphatic heterocycles. The van der Waals surface area contributed by atoms with Gasteiger partial charge in [0.1, 0.15) is 5.75 Å². The Labute approximate surface area is 166 Å². The highest BCUT2D eigenvalue weighted by atomic mass is 35.5. The van der Waals surface area contributed by atoms with Crippen LogP contribution in [0.3, 0.4) is 0 Å². The molecule has 2 aromatic rings. The normalized spacial score (nSPS) is 11.6. The number of carbonyl (C=O) groups is 1. The maximum atomic E-state index is 13.6. The van der Waals surface area contributed by atoms with E-state index in [2.05, 4.69) is 5.32 Å². The summed E-state index contributed by atoms with van der Waals surface area (Å²) in [5, 5.41) is 12.4. The van der Waals surface area contributed by atoms with Crippen LogP contribution in [0.4, 0.5) is 24.5 Å². The quantitative estimate of drug-likeness (QED) is 0.738. The lowest BCUT2D eigenvalue weighted by Crippen LogP contribution is -2.30. The lowest BCUT2D eigenvalue weighted by atomic mass is 10.1. The van der Waals surface area contributed by atoms with Crippen molar-refractivity contribution in [3.05, 3.63) is 52.5 Å². The molecule has 0 saturated heterocycles. The smallest absolute Gasteiger partial charge is 0.418 e. The number of nitrogens with zero attached hydrogens (tertiary/aromatic N) is 2. The summed E-state index contributed by atoms with van der Waals surface area (Å²) in [5.74, 6) is -1.08. The zero-order valence-electron chi connectivity index (χ0n) is 15.6. The highest BCUT2D eigenvalue weighted by Gasteiger charge is 2.35. The number of amides is 1. The third kappa shape index (κ3) is 5.53. The van der Waals surface area contributed by atoms with Gasteiger partial charge in [0.2, 0.25) is 0 Å². The van der Waals surface area contributed by atoms with Gasteiger partial charge in [0.25, 0.3) is 5.91 Å². The van der Waals surface area contributed by atoms with Crippen LogP contribution in [0, 0.1) is 0 Å². The zero-order valence-corrected chi connectivity index (χ0v) is 16.4. The molecule has 1 amide bonds. The Morgan fingerprint density at radius 2 is 1.79 bits per heavy atom. The van der Waals surface area contributed by atoms with Crippen LogP contribution in [-0.4, -0.2) is 50.1 Å². The minimum absolute atomic E-state index is 0.0120. The van der Waals surface area contributed by atoms with E-state index >= 15 is 0 Å². The molecule has 0 fully saturated rings. The number of anilines is 2. The fourth-order valence-corrected chi connectivity index (χ4v) is 2.70. The SMILES string of the molecule is CN(C)CCN(C)c1ccc(NC(=O)c2cc(Cl)ccc2O)cc1C(F)(F)F. The highest BCUT2D eigenvalue weighted by Crippen LogP contribution is 2.38. The van der Waals surface area contributed by atoms with Crippen LogP contribution in [0.25, 0.3) is 0 Å². The number of hydrogen-bond acceptors (Lipinski definition) is 4. The van der Waals surface area contributed by atoms with Crippen molar-refractivity contribution in [1.29, 1.82) is 0 Å². The predicted octanol–water partition coefficient (Wildman–Crippen LogP) is 4.31. The first-order valence-electron chi connectivity index (χ1n) is 8.36. The monoisotopic (exact) mass is 415 g/mol. The molecule has 0 saturated carbocycles. The van der Waals surface area contributed by atoms with E-state index in [1.807, 2.05) is 19.0 Å². The molecule has 0 aliphatic carbocycles. The number of phenols is 1. The molecule has 5 nitrogen and oxygen atoms in total. The first-order valence-corrected chi connectivity index (χ1v) is 8.74. The van der Waals surface area contributed by atoms with Crippen molar-refractivity contribution in [3.8, 4) is 5.75 Å². The van der Waals surface area contributed by atoms with Gasteiger partial charge in [0, 0.05) is 36.5 Å². The largest absolute Gasteiger partial charge is 0.507 e. The van der Waals surface area contributed by atoms with Crippen molar-refractivity contribution in [2.75, 3.05) is 44.4 Å². The minimum Gasteiger partial charge on any atom is -0.507 e. The molecule has 2 rings (SSSR count). The summed E-state index contributed by atoms with van der Waals surface area (Å²) in [6, 6.07) is 7.44. The Bertz CT molecular complexity index is 857. The summed E-state index contributed by atoms with van der Waals surface area (Å²) in [5.41, 5.74) is -1.02. The van der Waals surface area contributed by atoms with E-state index in [1.165, 1.54) is 35.2 Å². The summed E-state index contributed by atoms with van der Waals surface area (Å²) in [7, 11) is 5.25. The molecule has 0 unspecified atom stereocenters. The van der Waals surface area contributed by atoms with Gasteiger partial charge in [-0.15, -0.1) is 0 Å². The number of likely N-dealkylation sites (N-methyl/N-ethyl adjacent to an activating group) is 2. The van der Waals surface area contributed by atoms with Crippen LogP contribution in [-0.2, 0) is 6.18 Å². The van der Waals surface area contributed by atoms with Crippen molar-refractivity contribution in [1.82, 2.24) is 4.90 Å². The van der Waals surface area contributed by atoms with E-state index in [0.717, 1.165) is 6.07 Å². The van der Waals surface area contributed by atoms with Crippen LogP contribution < -0.4 is 10.2 Å². The van der Waals surface area contributed by atoms with Crippen LogP contribution in [0.5, 0.6) is 5.75 Å². The maximum Gasteiger partial charge on any atom is 0.418 e. The van der Waals surface area contributed by atoms with E-state index in [4.69, 9.17) is 11.6 Å². The number of aromatic hydroxyl groups is 1. The molecule has 0 atom stereocenters. The molecule has 9 heteroatoms. The third-order valence-electron chi connectivity index (χ3n) is 4.06. The second kappa shape index (κ2) is 8.70. The molecule has 2 N–H and O–H groups in total. The molecule has 0 radical (unpaired) electrons. The van der Waals surface area contributed by atoms with Gasteiger partial charge in [-0.2, -0.15) is 13.2 Å². The summed E-state index contributed by atoms with van der Waals surface area (Å²) in [6.07, 6.45) is -4.60. The first kappa shape index (κ1) is 21.8. The van der Waals surface area contributed by atoms with Crippen molar-refractivity contribution < 1.29 is 23.1 Å². The maximum absolute atomic E-state index is 13.6. The van der Waals surface area contributed by atoms with Crippen molar-refractivity contribution in [2.45, 2.75) is 6.18 Å². The van der Waals surface area contributed by atoms with Crippen LogP contribution in [0.15, 0.2) is 36.4 Å². The fourth-order valence-electron chi connectivity index (χ4n) is 2.53. The van der Waals surface area contributed by atoms with Crippen LogP contribution >= 0.6 is 11.6 Å². The van der Waals surface area contributed by atoms with E-state index in [-0.39, 0.29) is 27.7 Å². The Hall–Kier alpha value is -2.45. The lowest BCUT2D eigenvalue weighted by molar-refractivity contribution is -0.137. The van der Waals surface area contributed by atoms with Gasteiger partial charge in [-0.05, 0) is 50.5 Å². The number of carbonyl (C=O) groups excluding carboxylic acids is 1. The lowest BCUT2D eigenvalue weighted by Gasteiger charge is -2.25. The number of halogens is 4. The molecule has 0 heterocycles. The van der Waals surface area contributed by atoms with Crippen molar-refractivity contribution in [2.24, 2.45) is 0 Å². The molecule has 0 bridgehead atoms. The number of nitrogens with one attached hydrogen (secondary N) is 1. The van der Waals surface area contributed by atoms with Gasteiger partial charge in [-0.1, -0.05) is 11.6 Å². The standard InChI is InChI=1S/C19H21ClF3N3O2/c1-25(2)8-9-26(3)16-6-5-13(11-15(16)19(21,22)23)24-18(28)14-10-12(20)4-7-17(14)27/h4-7,10-11,27H,8-9H2,1-3H3,(H,24,28). The second-order valence-corrected chi connectivity index (χ2v) is 7.01. The van der Waals surface area contributed by atoms with Gasteiger partial charge in [-0.3, -0.25) is 4.79 Å². The number of rotatable bonds is 6. The van der Waals surface area contributed by atoms with Gasteiger partial charge in [0.15, 0.2) is 0 Å². The van der Waals surface area contributed by atoms with E-state index in [0.29, 0.717) is 13.1 Å². The molecule has 0 aromatic heterocycles. The highest BCUT2D eigenvalue weighted by molar-refractivity contribution is 6.31. The summed E-state index contributed by atoms with van der Waals surface area (Å²) in [6.45, 7) is 0.985. The predicted molar refractivity (Wildman–Crippen MR) is 104 cm³/mol. The van der Waals surface area contributed by atoms with Gasteiger partial charge in [0.05, 0.1) is 11.1 Å². The van der Waals surface area contributed by atoms with Crippen LogP contribution in [0.1, 0.15) is 15.9 Å². The Morgan fingerprint density at radius 1 is 1.11 bits per heavy atom. The average Bonchev–Trinajstić information content (AvgIpc) is 2.60. The number of benzene rings is 2. The molecular weight excluding hydrogens is 395 g/mol. The Kier molecular flexibility index (Phi) is 6.79. The van der Waals surface area contributed by atoms with E-state index in [1.54, 1.807) is 7.05 Å². The first-order chi connectivity index (χ1) is 13.0. The van der Waals surface area contributed by atoms with Gasteiger partial charge >= 0.3 is 6.18 Å². The van der Waals surface area contributed by atoms with Gasteiger partial charge in [-0.25, -0.2) is 0 Å². The summed E-state index contributed by atoms with van der Waals surface area (Å²) >= 11 is 5.81. The minimum atomic E-state index is -4.60. The van der Waals surface area contributed by atoms with Gasteiger partial charge < -0.3 is 20.2 Å². The second-order valence-electron chi connectivity index (χ2n) is 6.57. The third-order valence-corrected chi connectivity index (χ3v) is 4.29. The molecule has 0 spiro atoms. The topological polar surface area (TPSA) is 55.8 Å². The molecule has 0 aliphatic rings. The average molecular weight is 416 g/mol. The van der Waals surface area contributed by atoms with E-state index in [9.17, 15) is 23.1 Å². The molecule has 28 heavy (non-hydrogen) atoms. The van der Waals surface area contributed by atoms with Crippen molar-refractivity contribution in [3.63, 3.8) is 0 Å². The van der Waals surface area contributed by atoms with Crippen molar-refractivity contribution >= 4 is 28.9 Å². The molecule has 152 valence electrons.